The zero-order chi connectivity index (χ0) is 13.1. The Morgan fingerprint density at radius 3 is 2.21 bits per heavy atom. The molecule has 0 amide bonds. The average molecular weight is 267 g/mol. The lowest BCUT2D eigenvalue weighted by molar-refractivity contribution is 1.10. The molecule has 1 heterocycles. The maximum Gasteiger partial charge on any atom is 0.153 e. The fourth-order valence-electron chi connectivity index (χ4n) is 1.86. The van der Waals surface area contributed by atoms with E-state index in [-0.39, 0.29) is 0 Å². The number of nitrogen functional groups attached to an aromatic ring is 1. The topological polar surface area (TPSA) is 54.7 Å². The van der Waals surface area contributed by atoms with E-state index >= 15 is 0 Å². The Morgan fingerprint density at radius 1 is 0.895 bits per heavy atom. The van der Waals surface area contributed by atoms with Gasteiger partial charge in [-0.15, -0.1) is 0 Å². The number of nitrogens with two attached hydrogens (primary N) is 1. The van der Waals surface area contributed by atoms with Crippen molar-refractivity contribution in [2.75, 3.05) is 5.73 Å². The third-order valence-corrected chi connectivity index (χ3v) is 3.83. The van der Waals surface area contributed by atoms with E-state index in [1.807, 2.05) is 24.4 Å². The summed E-state index contributed by atoms with van der Waals surface area (Å²) in [7, 11) is 0. The molecule has 0 atom stereocenters. The summed E-state index contributed by atoms with van der Waals surface area (Å²) < 4.78 is 0. The van der Waals surface area contributed by atoms with Gasteiger partial charge < -0.3 is 5.73 Å². The molecular formula is C15H13N3S. The molecule has 4 heteroatoms. The molecule has 1 aromatic heterocycles. The van der Waals surface area contributed by atoms with Crippen molar-refractivity contribution in [1.82, 2.24) is 10.2 Å². The van der Waals surface area contributed by atoms with Crippen LogP contribution >= 0.6 is 11.8 Å². The Kier molecular flexibility index (Phi) is 3.25. The van der Waals surface area contributed by atoms with Crippen LogP contribution in [0, 0.1) is 0 Å². The average Bonchev–Trinajstić information content (AvgIpc) is 2.87. The number of benzene rings is 2. The van der Waals surface area contributed by atoms with Gasteiger partial charge >= 0.3 is 0 Å². The van der Waals surface area contributed by atoms with Crippen LogP contribution in [0.4, 0.5) is 5.82 Å². The molecule has 3 rings (SSSR count). The molecule has 0 aliphatic rings. The first-order chi connectivity index (χ1) is 9.33. The van der Waals surface area contributed by atoms with E-state index in [0.717, 1.165) is 11.1 Å². The summed E-state index contributed by atoms with van der Waals surface area (Å²) in [5.74, 6) is 0.531. The predicted molar refractivity (Wildman–Crippen MR) is 79.0 cm³/mol. The Morgan fingerprint density at radius 2 is 1.58 bits per heavy atom. The number of aromatic nitrogens is 2. The second-order valence-corrected chi connectivity index (χ2v) is 5.27. The predicted octanol–water partition coefficient (Wildman–Crippen LogP) is 3.81. The number of H-pyrrole nitrogens is 1. The lowest BCUT2D eigenvalue weighted by Gasteiger charge is -2.03. The number of anilines is 1. The number of hydrogen-bond donors (Lipinski definition) is 2. The number of nitrogens with zero attached hydrogens (tertiary/aromatic N) is 1. The summed E-state index contributed by atoms with van der Waals surface area (Å²) in [6, 6.07) is 18.6. The van der Waals surface area contributed by atoms with Crippen molar-refractivity contribution in [3.05, 3.63) is 60.8 Å². The van der Waals surface area contributed by atoms with E-state index < -0.39 is 0 Å². The van der Waals surface area contributed by atoms with Crippen LogP contribution in [0.3, 0.4) is 0 Å². The SMILES string of the molecule is Nc1n[nH]cc1-c1ccc(Sc2ccccc2)cc1. The highest BCUT2D eigenvalue weighted by Crippen LogP contribution is 2.30. The minimum atomic E-state index is 0.531. The van der Waals surface area contributed by atoms with E-state index in [9.17, 15) is 0 Å². The lowest BCUT2D eigenvalue weighted by atomic mass is 10.1. The Hall–Kier alpha value is -2.20. The van der Waals surface area contributed by atoms with Crippen LogP contribution < -0.4 is 5.73 Å². The van der Waals surface area contributed by atoms with Gasteiger partial charge in [0.2, 0.25) is 0 Å². The zero-order valence-corrected chi connectivity index (χ0v) is 11.0. The van der Waals surface area contributed by atoms with Crippen molar-refractivity contribution in [2.24, 2.45) is 0 Å². The molecule has 0 saturated heterocycles. The second-order valence-electron chi connectivity index (χ2n) is 4.12. The van der Waals surface area contributed by atoms with E-state index in [4.69, 9.17) is 5.73 Å². The van der Waals surface area contributed by atoms with Crippen LogP contribution in [0.15, 0.2) is 70.6 Å². The maximum absolute atomic E-state index is 5.79. The van der Waals surface area contributed by atoms with Gasteiger partial charge in [0, 0.05) is 21.6 Å². The van der Waals surface area contributed by atoms with Gasteiger partial charge in [0.1, 0.15) is 0 Å². The number of aromatic amines is 1. The number of hydrogen-bond acceptors (Lipinski definition) is 3. The fraction of sp³-hybridized carbons (Fsp3) is 0. The Bertz CT molecular complexity index is 659. The molecule has 3 N–H and O–H groups in total. The molecule has 0 spiro atoms. The summed E-state index contributed by atoms with van der Waals surface area (Å²) >= 11 is 1.74. The molecule has 0 aliphatic heterocycles. The van der Waals surface area contributed by atoms with Crippen molar-refractivity contribution in [3.63, 3.8) is 0 Å². The molecule has 0 bridgehead atoms. The third-order valence-electron chi connectivity index (χ3n) is 2.81. The summed E-state index contributed by atoms with van der Waals surface area (Å²) in [5, 5.41) is 6.70. The molecule has 3 nitrogen and oxygen atoms in total. The molecule has 3 aromatic rings. The standard InChI is InChI=1S/C15H13N3S/c16-15-14(10-17-18-15)11-6-8-13(9-7-11)19-12-4-2-1-3-5-12/h1-10H,(H3,16,17,18). The monoisotopic (exact) mass is 267 g/mol. The molecule has 0 unspecified atom stereocenters. The van der Waals surface area contributed by atoms with Crippen LogP contribution in [-0.4, -0.2) is 10.2 Å². The minimum absolute atomic E-state index is 0.531. The van der Waals surface area contributed by atoms with Crippen molar-refractivity contribution in [2.45, 2.75) is 9.79 Å². The number of nitrogens with one attached hydrogen (secondary N) is 1. The Labute approximate surface area is 115 Å². The van der Waals surface area contributed by atoms with Gasteiger partial charge in [-0.25, -0.2) is 0 Å². The first kappa shape index (κ1) is 11.9. The van der Waals surface area contributed by atoms with Crippen molar-refractivity contribution in [1.29, 1.82) is 0 Å². The highest BCUT2D eigenvalue weighted by Gasteiger charge is 2.04. The third kappa shape index (κ3) is 2.63. The summed E-state index contributed by atoms with van der Waals surface area (Å²) in [5.41, 5.74) is 7.80. The quantitative estimate of drug-likeness (QED) is 0.758. The normalized spacial score (nSPS) is 10.5. The summed E-state index contributed by atoms with van der Waals surface area (Å²) in [6.45, 7) is 0. The number of rotatable bonds is 3. The van der Waals surface area contributed by atoms with Crippen LogP contribution in [0.5, 0.6) is 0 Å². The van der Waals surface area contributed by atoms with Gasteiger partial charge in [0.25, 0.3) is 0 Å². The fourth-order valence-corrected chi connectivity index (χ4v) is 2.70. The first-order valence-corrected chi connectivity index (χ1v) is 6.77. The molecule has 2 aromatic carbocycles. The van der Waals surface area contributed by atoms with E-state index in [2.05, 4.69) is 46.6 Å². The van der Waals surface area contributed by atoms with Crippen LogP contribution in [-0.2, 0) is 0 Å². The van der Waals surface area contributed by atoms with Gasteiger partial charge in [-0.1, -0.05) is 42.1 Å². The van der Waals surface area contributed by atoms with Gasteiger partial charge in [0.15, 0.2) is 5.82 Å². The van der Waals surface area contributed by atoms with Crippen LogP contribution in [0.1, 0.15) is 0 Å². The van der Waals surface area contributed by atoms with E-state index in [0.29, 0.717) is 5.82 Å². The zero-order valence-electron chi connectivity index (χ0n) is 10.2. The van der Waals surface area contributed by atoms with Crippen molar-refractivity contribution in [3.8, 4) is 11.1 Å². The second kappa shape index (κ2) is 5.20. The first-order valence-electron chi connectivity index (χ1n) is 5.95. The largest absolute Gasteiger partial charge is 0.382 e. The highest BCUT2D eigenvalue weighted by molar-refractivity contribution is 7.99. The molecule has 19 heavy (non-hydrogen) atoms. The van der Waals surface area contributed by atoms with Crippen LogP contribution in [0.2, 0.25) is 0 Å². The maximum atomic E-state index is 5.79. The molecule has 0 radical (unpaired) electrons. The van der Waals surface area contributed by atoms with Gasteiger partial charge in [-0.05, 0) is 29.8 Å². The smallest absolute Gasteiger partial charge is 0.153 e. The van der Waals surface area contributed by atoms with E-state index in [1.165, 1.54) is 9.79 Å². The molecular weight excluding hydrogens is 254 g/mol. The van der Waals surface area contributed by atoms with Crippen molar-refractivity contribution >= 4 is 17.6 Å². The summed E-state index contributed by atoms with van der Waals surface area (Å²) in [4.78, 5) is 2.44. The summed E-state index contributed by atoms with van der Waals surface area (Å²) in [6.07, 6.45) is 1.81. The van der Waals surface area contributed by atoms with E-state index in [1.54, 1.807) is 11.8 Å². The molecule has 0 fully saturated rings. The van der Waals surface area contributed by atoms with Crippen LogP contribution in [0.25, 0.3) is 11.1 Å². The molecule has 0 aliphatic carbocycles. The minimum Gasteiger partial charge on any atom is -0.382 e. The van der Waals surface area contributed by atoms with Gasteiger partial charge in [-0.3, -0.25) is 5.10 Å². The molecule has 0 saturated carbocycles. The Balaban J connectivity index is 1.82. The van der Waals surface area contributed by atoms with Gasteiger partial charge in [-0.2, -0.15) is 5.10 Å². The van der Waals surface area contributed by atoms with Crippen molar-refractivity contribution < 1.29 is 0 Å². The molecule has 94 valence electrons. The highest BCUT2D eigenvalue weighted by atomic mass is 32.2. The van der Waals surface area contributed by atoms with Gasteiger partial charge in [0.05, 0.1) is 0 Å². The lowest BCUT2D eigenvalue weighted by Crippen LogP contribution is -1.87.